The highest BCUT2D eigenvalue weighted by Crippen LogP contribution is 2.24. The minimum Gasteiger partial charge on any atom is -0.335 e. The number of benzene rings is 2. The molecule has 0 spiro atoms. The highest BCUT2D eigenvalue weighted by Gasteiger charge is 2.27. The lowest BCUT2D eigenvalue weighted by Gasteiger charge is -2.21. The molecule has 1 amide bonds. The van der Waals surface area contributed by atoms with Crippen LogP contribution in [0.1, 0.15) is 17.4 Å². The molecule has 5 heteroatoms. The molecule has 3 aromatic rings. The summed E-state index contributed by atoms with van der Waals surface area (Å²) in [5.74, 6) is -0.268. The number of aryl methyl sites for hydroxylation is 1. The zero-order valence-corrected chi connectivity index (χ0v) is 13.6. The number of carbonyl (C=O) groups is 1. The lowest BCUT2D eigenvalue weighted by atomic mass is 10.1. The van der Waals surface area contributed by atoms with Crippen molar-refractivity contribution in [2.45, 2.75) is 6.92 Å². The van der Waals surface area contributed by atoms with E-state index in [-0.39, 0.29) is 17.2 Å². The SMILES string of the molecule is CCN(C(=O)c1c(-c2ccccc2)c(=O)on1C)c1ccccc1. The van der Waals surface area contributed by atoms with Gasteiger partial charge in [0, 0.05) is 19.3 Å². The van der Waals surface area contributed by atoms with E-state index < -0.39 is 5.63 Å². The van der Waals surface area contributed by atoms with Gasteiger partial charge in [0.15, 0.2) is 5.69 Å². The summed E-state index contributed by atoms with van der Waals surface area (Å²) in [5.41, 5.74) is 1.46. The summed E-state index contributed by atoms with van der Waals surface area (Å²) in [6.07, 6.45) is 0. The summed E-state index contributed by atoms with van der Waals surface area (Å²) in [6.45, 7) is 2.38. The van der Waals surface area contributed by atoms with E-state index in [0.29, 0.717) is 12.1 Å². The molecule has 0 saturated carbocycles. The maximum absolute atomic E-state index is 13.1. The third-order valence-corrected chi connectivity index (χ3v) is 3.87. The molecule has 1 heterocycles. The first-order valence-corrected chi connectivity index (χ1v) is 7.76. The number of para-hydroxylation sites is 1. The van der Waals surface area contributed by atoms with Crippen LogP contribution in [0.5, 0.6) is 0 Å². The molecule has 3 rings (SSSR count). The van der Waals surface area contributed by atoms with Crippen LogP contribution in [0.4, 0.5) is 5.69 Å². The maximum atomic E-state index is 13.1. The first kappa shape index (κ1) is 15.8. The number of hydrogen-bond acceptors (Lipinski definition) is 3. The van der Waals surface area contributed by atoms with Crippen LogP contribution in [0, 0.1) is 0 Å². The topological polar surface area (TPSA) is 55.5 Å². The second kappa shape index (κ2) is 6.58. The lowest BCUT2D eigenvalue weighted by molar-refractivity contribution is 0.0969. The zero-order valence-electron chi connectivity index (χ0n) is 13.6. The molecule has 0 aliphatic rings. The minimum absolute atomic E-state index is 0.247. The number of hydrogen-bond donors (Lipinski definition) is 0. The van der Waals surface area contributed by atoms with Crippen LogP contribution in [0.3, 0.4) is 0 Å². The van der Waals surface area contributed by atoms with E-state index in [9.17, 15) is 9.59 Å². The van der Waals surface area contributed by atoms with Crippen molar-refractivity contribution in [3.8, 4) is 11.1 Å². The molecule has 5 nitrogen and oxygen atoms in total. The molecule has 0 radical (unpaired) electrons. The lowest BCUT2D eigenvalue weighted by Crippen LogP contribution is -2.32. The normalized spacial score (nSPS) is 10.6. The molecule has 0 saturated heterocycles. The van der Waals surface area contributed by atoms with E-state index in [4.69, 9.17) is 4.52 Å². The van der Waals surface area contributed by atoms with Gasteiger partial charge in [-0.05, 0) is 24.6 Å². The van der Waals surface area contributed by atoms with Gasteiger partial charge in [-0.15, -0.1) is 0 Å². The number of carbonyl (C=O) groups excluding carboxylic acids is 1. The quantitative estimate of drug-likeness (QED) is 0.740. The van der Waals surface area contributed by atoms with Crippen LogP contribution >= 0.6 is 0 Å². The largest absolute Gasteiger partial charge is 0.366 e. The summed E-state index contributed by atoms with van der Waals surface area (Å²) in [6, 6.07) is 18.5. The monoisotopic (exact) mass is 322 g/mol. The van der Waals surface area contributed by atoms with E-state index in [2.05, 4.69) is 0 Å². The van der Waals surface area contributed by atoms with E-state index in [1.54, 1.807) is 24.1 Å². The molecule has 0 aliphatic carbocycles. The summed E-state index contributed by atoms with van der Waals surface area (Å²) in [7, 11) is 1.57. The fourth-order valence-corrected chi connectivity index (χ4v) is 2.75. The Kier molecular flexibility index (Phi) is 4.33. The fourth-order valence-electron chi connectivity index (χ4n) is 2.75. The molecule has 0 atom stereocenters. The molecule has 0 fully saturated rings. The number of aromatic nitrogens is 1. The summed E-state index contributed by atoms with van der Waals surface area (Å²) in [5, 5.41) is 0. The van der Waals surface area contributed by atoms with Crippen molar-refractivity contribution >= 4 is 11.6 Å². The second-order valence-corrected chi connectivity index (χ2v) is 5.35. The van der Waals surface area contributed by atoms with Crippen LogP contribution in [0.15, 0.2) is 70.0 Å². The predicted molar refractivity (Wildman–Crippen MR) is 93.2 cm³/mol. The first-order chi connectivity index (χ1) is 11.6. The van der Waals surface area contributed by atoms with Crippen molar-refractivity contribution in [2.24, 2.45) is 7.05 Å². The molecule has 122 valence electrons. The standard InChI is InChI=1S/C19H18N2O3/c1-3-21(15-12-8-5-9-13-15)18(22)17-16(19(23)24-20(17)2)14-10-6-4-7-11-14/h4-13H,3H2,1-2H3. The summed E-state index contributed by atoms with van der Waals surface area (Å²) < 4.78 is 6.41. The average Bonchev–Trinajstić information content (AvgIpc) is 2.91. The molecule has 1 aromatic heterocycles. The smallest absolute Gasteiger partial charge is 0.335 e. The third-order valence-electron chi connectivity index (χ3n) is 3.87. The Labute approximate surface area is 139 Å². The van der Waals surface area contributed by atoms with Gasteiger partial charge in [0.25, 0.3) is 5.91 Å². The van der Waals surface area contributed by atoms with Crippen LogP contribution in [0.2, 0.25) is 0 Å². The van der Waals surface area contributed by atoms with Crippen LogP contribution < -0.4 is 10.5 Å². The predicted octanol–water partition coefficient (Wildman–Crippen LogP) is 3.31. The van der Waals surface area contributed by atoms with Crippen molar-refractivity contribution in [3.05, 3.63) is 76.8 Å². The van der Waals surface area contributed by atoms with Crippen molar-refractivity contribution in [1.82, 2.24) is 4.74 Å². The van der Waals surface area contributed by atoms with Gasteiger partial charge >= 0.3 is 5.63 Å². The Morgan fingerprint density at radius 2 is 1.62 bits per heavy atom. The van der Waals surface area contributed by atoms with Crippen molar-refractivity contribution in [3.63, 3.8) is 0 Å². The van der Waals surface area contributed by atoms with Crippen molar-refractivity contribution in [2.75, 3.05) is 11.4 Å². The Hall–Kier alpha value is -3.08. The van der Waals surface area contributed by atoms with Gasteiger partial charge in [0.05, 0.1) is 0 Å². The number of anilines is 1. The van der Waals surface area contributed by atoms with Crippen molar-refractivity contribution < 1.29 is 9.32 Å². The molecule has 0 bridgehead atoms. The average molecular weight is 322 g/mol. The summed E-state index contributed by atoms with van der Waals surface area (Å²) in [4.78, 5) is 27.0. The molecule has 0 aliphatic heterocycles. The zero-order chi connectivity index (χ0) is 17.1. The van der Waals surface area contributed by atoms with Gasteiger partial charge in [-0.2, -0.15) is 0 Å². The van der Waals surface area contributed by atoms with Crippen LogP contribution in [-0.2, 0) is 7.05 Å². The Morgan fingerprint density at radius 1 is 1.04 bits per heavy atom. The van der Waals surface area contributed by atoms with E-state index in [1.165, 1.54) is 4.74 Å². The minimum atomic E-state index is -0.517. The number of nitrogens with zero attached hydrogens (tertiary/aromatic N) is 2. The van der Waals surface area contributed by atoms with Crippen LogP contribution in [0.25, 0.3) is 11.1 Å². The summed E-state index contributed by atoms with van der Waals surface area (Å²) >= 11 is 0. The second-order valence-electron chi connectivity index (χ2n) is 5.35. The third kappa shape index (κ3) is 2.76. The van der Waals surface area contributed by atoms with Crippen molar-refractivity contribution in [1.29, 1.82) is 0 Å². The van der Waals surface area contributed by atoms with Crippen LogP contribution in [-0.4, -0.2) is 17.2 Å². The van der Waals surface area contributed by atoms with E-state index in [0.717, 1.165) is 5.69 Å². The maximum Gasteiger partial charge on any atom is 0.366 e. The Morgan fingerprint density at radius 3 is 2.21 bits per heavy atom. The van der Waals surface area contributed by atoms with Gasteiger partial charge in [-0.1, -0.05) is 48.5 Å². The van der Waals surface area contributed by atoms with Gasteiger partial charge in [-0.25, -0.2) is 9.53 Å². The highest BCUT2D eigenvalue weighted by atomic mass is 16.5. The highest BCUT2D eigenvalue weighted by molar-refractivity contribution is 6.08. The van der Waals surface area contributed by atoms with Gasteiger partial charge in [-0.3, -0.25) is 4.79 Å². The van der Waals surface area contributed by atoms with Gasteiger partial charge < -0.3 is 9.42 Å². The van der Waals surface area contributed by atoms with E-state index in [1.807, 2.05) is 55.5 Å². The molecular weight excluding hydrogens is 304 g/mol. The molecule has 24 heavy (non-hydrogen) atoms. The molecule has 0 N–H and O–H groups in total. The van der Waals surface area contributed by atoms with Gasteiger partial charge in [0.2, 0.25) is 0 Å². The number of amides is 1. The first-order valence-electron chi connectivity index (χ1n) is 7.76. The fraction of sp³-hybridized carbons (Fsp3) is 0.158. The Balaban J connectivity index is 2.12. The molecular formula is C19H18N2O3. The van der Waals surface area contributed by atoms with E-state index >= 15 is 0 Å². The Bertz CT molecular complexity index is 895. The molecule has 0 unspecified atom stereocenters. The molecule has 2 aromatic carbocycles. The number of rotatable bonds is 4. The van der Waals surface area contributed by atoms with Gasteiger partial charge in [0.1, 0.15) is 5.56 Å².